The first-order valence-corrected chi connectivity index (χ1v) is 6.60. The molecule has 2 N–H and O–H groups in total. The largest absolute Gasteiger partial charge is 0.481 e. The van der Waals surface area contributed by atoms with Crippen LogP contribution in [-0.4, -0.2) is 40.0 Å². The smallest absolute Gasteiger partial charge is 0.311 e. The number of nitrogens with zero attached hydrogens (tertiary/aromatic N) is 1. The zero-order chi connectivity index (χ0) is 14.3. The molecule has 2 aromatic rings. The monoisotopic (exact) mass is 272 g/mol. The standard InChI is InChI=1S/C15H16N2O3/c1-15(14(19)20)6-8-17(9-15)13(18)11-4-2-3-10-5-7-16-12(10)11/h2-5,7,16H,6,8-9H2,1H3,(H,19,20)/t15-/m1/s1. The van der Waals surface area contributed by atoms with Gasteiger partial charge in [-0.1, -0.05) is 12.1 Å². The number of nitrogens with one attached hydrogen (secondary N) is 1. The molecule has 104 valence electrons. The van der Waals surface area contributed by atoms with Crippen molar-refractivity contribution in [1.82, 2.24) is 9.88 Å². The molecule has 5 heteroatoms. The molecule has 1 saturated heterocycles. The Morgan fingerprint density at radius 3 is 2.85 bits per heavy atom. The third kappa shape index (κ3) is 1.86. The van der Waals surface area contributed by atoms with Crippen molar-refractivity contribution >= 4 is 22.8 Å². The van der Waals surface area contributed by atoms with E-state index in [0.717, 1.165) is 10.9 Å². The molecular weight excluding hydrogens is 256 g/mol. The average Bonchev–Trinajstić information content (AvgIpc) is 3.04. The average molecular weight is 272 g/mol. The topological polar surface area (TPSA) is 73.4 Å². The lowest BCUT2D eigenvalue weighted by Gasteiger charge is -2.20. The summed E-state index contributed by atoms with van der Waals surface area (Å²) in [5.74, 6) is -0.950. The SMILES string of the molecule is C[C@@]1(C(=O)O)CCN(C(=O)c2cccc3cc[nH]c23)C1. The number of likely N-dealkylation sites (tertiary alicyclic amines) is 1. The maximum absolute atomic E-state index is 12.6. The van der Waals surface area contributed by atoms with Gasteiger partial charge in [0.2, 0.25) is 0 Å². The van der Waals surface area contributed by atoms with E-state index in [9.17, 15) is 14.7 Å². The van der Waals surface area contributed by atoms with Gasteiger partial charge in [0, 0.05) is 24.7 Å². The predicted octanol–water partition coefficient (Wildman–Crippen LogP) is 2.10. The Kier molecular flexibility index (Phi) is 2.78. The number of aromatic nitrogens is 1. The number of carbonyl (C=O) groups excluding carboxylic acids is 1. The Morgan fingerprint density at radius 2 is 2.15 bits per heavy atom. The number of fused-ring (bicyclic) bond motifs is 1. The van der Waals surface area contributed by atoms with Crippen LogP contribution in [0.2, 0.25) is 0 Å². The van der Waals surface area contributed by atoms with Crippen molar-refractivity contribution < 1.29 is 14.7 Å². The fourth-order valence-corrected chi connectivity index (χ4v) is 2.74. The van der Waals surface area contributed by atoms with E-state index >= 15 is 0 Å². The van der Waals surface area contributed by atoms with Gasteiger partial charge >= 0.3 is 5.97 Å². The molecule has 1 aromatic carbocycles. The summed E-state index contributed by atoms with van der Waals surface area (Å²) >= 11 is 0. The third-order valence-corrected chi connectivity index (χ3v) is 4.09. The molecule has 5 nitrogen and oxygen atoms in total. The summed E-state index contributed by atoms with van der Waals surface area (Å²) in [5.41, 5.74) is 0.572. The second kappa shape index (κ2) is 4.37. The van der Waals surface area contributed by atoms with Gasteiger partial charge in [0.15, 0.2) is 0 Å². The van der Waals surface area contributed by atoms with Crippen LogP contribution < -0.4 is 0 Å². The molecule has 0 bridgehead atoms. The van der Waals surface area contributed by atoms with E-state index in [1.165, 1.54) is 0 Å². The van der Waals surface area contributed by atoms with Crippen LogP contribution in [-0.2, 0) is 4.79 Å². The Balaban J connectivity index is 1.91. The molecule has 0 spiro atoms. The van der Waals surface area contributed by atoms with E-state index in [0.29, 0.717) is 18.5 Å². The highest BCUT2D eigenvalue weighted by Gasteiger charge is 2.42. The Labute approximate surface area is 116 Å². The second-order valence-corrected chi connectivity index (χ2v) is 5.59. The summed E-state index contributed by atoms with van der Waals surface area (Å²) in [5, 5.41) is 10.2. The van der Waals surface area contributed by atoms with E-state index in [2.05, 4.69) is 4.98 Å². The van der Waals surface area contributed by atoms with Gasteiger partial charge in [-0.3, -0.25) is 9.59 Å². The molecule has 2 heterocycles. The van der Waals surface area contributed by atoms with Gasteiger partial charge in [-0.05, 0) is 25.5 Å². The van der Waals surface area contributed by atoms with Crippen molar-refractivity contribution in [2.75, 3.05) is 13.1 Å². The van der Waals surface area contributed by atoms with Gasteiger partial charge in [-0.15, -0.1) is 0 Å². The van der Waals surface area contributed by atoms with Crippen molar-refractivity contribution in [3.05, 3.63) is 36.0 Å². The highest BCUT2D eigenvalue weighted by Crippen LogP contribution is 2.31. The minimum atomic E-state index is -0.842. The lowest BCUT2D eigenvalue weighted by atomic mass is 9.90. The summed E-state index contributed by atoms with van der Waals surface area (Å²) in [6.45, 7) is 2.44. The minimum Gasteiger partial charge on any atom is -0.481 e. The Morgan fingerprint density at radius 1 is 1.35 bits per heavy atom. The number of carboxylic acids is 1. The van der Waals surface area contributed by atoms with Gasteiger partial charge in [0.05, 0.1) is 16.5 Å². The normalized spacial score (nSPS) is 22.4. The van der Waals surface area contributed by atoms with E-state index in [4.69, 9.17) is 0 Å². The van der Waals surface area contributed by atoms with Crippen LogP contribution in [0, 0.1) is 5.41 Å². The Bertz CT molecular complexity index is 691. The maximum Gasteiger partial charge on any atom is 0.311 e. The van der Waals surface area contributed by atoms with Crippen LogP contribution in [0.15, 0.2) is 30.5 Å². The summed E-state index contributed by atoms with van der Waals surface area (Å²) in [6.07, 6.45) is 2.29. The minimum absolute atomic E-state index is 0.108. The molecule has 1 amide bonds. The van der Waals surface area contributed by atoms with Crippen LogP contribution in [0.1, 0.15) is 23.7 Å². The summed E-state index contributed by atoms with van der Waals surface area (Å²) in [4.78, 5) is 28.5. The van der Waals surface area contributed by atoms with Gasteiger partial charge in [-0.25, -0.2) is 0 Å². The van der Waals surface area contributed by atoms with Crippen molar-refractivity contribution in [3.63, 3.8) is 0 Å². The highest BCUT2D eigenvalue weighted by atomic mass is 16.4. The van der Waals surface area contributed by atoms with Gasteiger partial charge in [0.1, 0.15) is 0 Å². The van der Waals surface area contributed by atoms with E-state index in [1.54, 1.807) is 24.1 Å². The number of hydrogen-bond donors (Lipinski definition) is 2. The lowest BCUT2D eigenvalue weighted by Crippen LogP contribution is -2.34. The molecule has 1 aromatic heterocycles. The van der Waals surface area contributed by atoms with E-state index in [1.807, 2.05) is 18.2 Å². The number of rotatable bonds is 2. The van der Waals surface area contributed by atoms with Gasteiger partial charge in [0.25, 0.3) is 5.91 Å². The second-order valence-electron chi connectivity index (χ2n) is 5.59. The maximum atomic E-state index is 12.6. The van der Waals surface area contributed by atoms with E-state index in [-0.39, 0.29) is 12.5 Å². The lowest BCUT2D eigenvalue weighted by molar-refractivity contribution is -0.147. The van der Waals surface area contributed by atoms with Crippen molar-refractivity contribution in [3.8, 4) is 0 Å². The van der Waals surface area contributed by atoms with E-state index < -0.39 is 11.4 Å². The number of hydrogen-bond acceptors (Lipinski definition) is 2. The number of para-hydroxylation sites is 1. The van der Waals surface area contributed by atoms with Crippen LogP contribution >= 0.6 is 0 Å². The quantitative estimate of drug-likeness (QED) is 0.879. The van der Waals surface area contributed by atoms with Crippen molar-refractivity contribution in [2.24, 2.45) is 5.41 Å². The number of amides is 1. The third-order valence-electron chi connectivity index (χ3n) is 4.09. The molecule has 1 fully saturated rings. The molecule has 1 aliphatic heterocycles. The molecule has 0 unspecified atom stereocenters. The number of carbonyl (C=O) groups is 2. The first-order chi connectivity index (χ1) is 9.51. The number of benzene rings is 1. The summed E-state index contributed by atoms with van der Waals surface area (Å²) in [6, 6.07) is 7.47. The fraction of sp³-hybridized carbons (Fsp3) is 0.333. The summed E-state index contributed by atoms with van der Waals surface area (Å²) < 4.78 is 0. The molecule has 0 saturated carbocycles. The molecule has 1 atom stereocenters. The van der Waals surface area contributed by atoms with Gasteiger partial charge < -0.3 is 15.0 Å². The number of carboxylic acid groups (broad SMARTS) is 1. The van der Waals surface area contributed by atoms with Crippen molar-refractivity contribution in [2.45, 2.75) is 13.3 Å². The highest BCUT2D eigenvalue weighted by molar-refractivity contribution is 6.06. The number of aromatic amines is 1. The van der Waals surface area contributed by atoms with Crippen LogP contribution in [0.3, 0.4) is 0 Å². The zero-order valence-electron chi connectivity index (χ0n) is 11.2. The van der Waals surface area contributed by atoms with Crippen molar-refractivity contribution in [1.29, 1.82) is 0 Å². The molecule has 3 rings (SSSR count). The zero-order valence-corrected chi connectivity index (χ0v) is 11.2. The molecule has 0 aliphatic carbocycles. The molecule has 20 heavy (non-hydrogen) atoms. The van der Waals surface area contributed by atoms with Crippen LogP contribution in [0.25, 0.3) is 10.9 Å². The van der Waals surface area contributed by atoms with Crippen LogP contribution in [0.5, 0.6) is 0 Å². The predicted molar refractivity (Wildman–Crippen MR) is 74.6 cm³/mol. The van der Waals surface area contributed by atoms with Gasteiger partial charge in [-0.2, -0.15) is 0 Å². The van der Waals surface area contributed by atoms with Crippen LogP contribution in [0.4, 0.5) is 0 Å². The molecule has 0 radical (unpaired) electrons. The summed E-state index contributed by atoms with van der Waals surface area (Å²) in [7, 11) is 0. The molecular formula is C15H16N2O3. The number of H-pyrrole nitrogens is 1. The Hall–Kier alpha value is -2.30. The fourth-order valence-electron chi connectivity index (χ4n) is 2.74. The molecule has 1 aliphatic rings. The number of aliphatic carboxylic acids is 1. The first-order valence-electron chi connectivity index (χ1n) is 6.60. The first kappa shape index (κ1) is 12.7.